The number of benzene rings is 2. The Kier molecular flexibility index (Phi) is 5.97. The summed E-state index contributed by atoms with van der Waals surface area (Å²) < 4.78 is 0. The third-order valence-electron chi connectivity index (χ3n) is 4.10. The first kappa shape index (κ1) is 18.7. The molecule has 0 bridgehead atoms. The second kappa shape index (κ2) is 7.97. The van der Waals surface area contributed by atoms with Crippen molar-refractivity contribution < 1.29 is 14.7 Å². The van der Waals surface area contributed by atoms with Crippen LogP contribution in [0.25, 0.3) is 0 Å². The lowest BCUT2D eigenvalue weighted by Gasteiger charge is -2.20. The Morgan fingerprint density at radius 1 is 0.960 bits per heavy atom. The van der Waals surface area contributed by atoms with E-state index in [0.29, 0.717) is 0 Å². The number of rotatable bonds is 6. The van der Waals surface area contributed by atoms with E-state index in [1.54, 1.807) is 0 Å². The van der Waals surface area contributed by atoms with Crippen LogP contribution in [0.4, 0.5) is 0 Å². The van der Waals surface area contributed by atoms with Crippen molar-refractivity contribution in [3.63, 3.8) is 0 Å². The Hall–Kier alpha value is -2.62. The molecule has 0 saturated carbocycles. The Labute approximate surface area is 148 Å². The fourth-order valence-electron chi connectivity index (χ4n) is 2.60. The fraction of sp³-hybridized carbons (Fsp3) is 0.333. The van der Waals surface area contributed by atoms with Gasteiger partial charge in [0.05, 0.1) is 6.42 Å². The van der Waals surface area contributed by atoms with E-state index in [4.69, 9.17) is 0 Å². The molecule has 2 rings (SSSR count). The van der Waals surface area contributed by atoms with Crippen LogP contribution in [0.3, 0.4) is 0 Å². The normalized spacial score (nSPS) is 12.4. The summed E-state index contributed by atoms with van der Waals surface area (Å²) in [5, 5.41) is 12.0. The average molecular weight is 339 g/mol. The van der Waals surface area contributed by atoms with Gasteiger partial charge < -0.3 is 10.4 Å². The maximum Gasteiger partial charge on any atom is 0.326 e. The fourth-order valence-corrected chi connectivity index (χ4v) is 2.60. The van der Waals surface area contributed by atoms with Crippen LogP contribution in [0.2, 0.25) is 0 Å². The van der Waals surface area contributed by atoms with Crippen LogP contribution in [-0.4, -0.2) is 23.0 Å². The first-order valence-corrected chi connectivity index (χ1v) is 8.41. The molecule has 1 atom stereocenters. The predicted octanol–water partition coefficient (Wildman–Crippen LogP) is 3.34. The van der Waals surface area contributed by atoms with Gasteiger partial charge in [-0.05, 0) is 22.1 Å². The second-order valence-corrected chi connectivity index (χ2v) is 7.27. The quantitative estimate of drug-likeness (QED) is 0.848. The van der Waals surface area contributed by atoms with Crippen molar-refractivity contribution in [1.82, 2.24) is 5.32 Å². The lowest BCUT2D eigenvalue weighted by atomic mass is 9.86. The molecule has 2 aromatic carbocycles. The van der Waals surface area contributed by atoms with Gasteiger partial charge in [-0.1, -0.05) is 75.4 Å². The van der Waals surface area contributed by atoms with Gasteiger partial charge in [-0.25, -0.2) is 4.79 Å². The number of carboxylic acids is 1. The van der Waals surface area contributed by atoms with Gasteiger partial charge in [0.2, 0.25) is 5.91 Å². The summed E-state index contributed by atoms with van der Waals surface area (Å²) in [6.07, 6.45) is 0.438. The molecule has 2 N–H and O–H groups in total. The zero-order valence-corrected chi connectivity index (χ0v) is 15.0. The summed E-state index contributed by atoms with van der Waals surface area (Å²) in [6.45, 7) is 6.39. The van der Waals surface area contributed by atoms with Crippen LogP contribution in [0.1, 0.15) is 37.5 Å². The molecule has 25 heavy (non-hydrogen) atoms. The third-order valence-corrected chi connectivity index (χ3v) is 4.10. The number of hydrogen-bond donors (Lipinski definition) is 2. The number of aliphatic carboxylic acids is 1. The van der Waals surface area contributed by atoms with Gasteiger partial charge in [-0.3, -0.25) is 4.79 Å². The molecular weight excluding hydrogens is 314 g/mol. The number of hydrogen-bond acceptors (Lipinski definition) is 2. The van der Waals surface area contributed by atoms with Crippen LogP contribution >= 0.6 is 0 Å². The molecule has 0 radical (unpaired) electrons. The second-order valence-electron chi connectivity index (χ2n) is 7.27. The molecule has 0 aromatic heterocycles. The SMILES string of the molecule is CC(C)(C)c1ccc(C[C@H](NC(=O)Cc2ccccc2)C(=O)O)cc1. The minimum atomic E-state index is -1.03. The standard InChI is InChI=1S/C21H25NO3/c1-21(2,3)17-11-9-16(10-12-17)13-18(20(24)25)22-19(23)14-15-7-5-4-6-8-15/h4-12,18H,13-14H2,1-3H3,(H,22,23)(H,24,25)/t18-/m0/s1. The molecule has 1 amide bonds. The molecule has 0 aliphatic rings. The Balaban J connectivity index is 2.01. The van der Waals surface area contributed by atoms with Crippen molar-refractivity contribution in [2.24, 2.45) is 0 Å². The van der Waals surface area contributed by atoms with Crippen molar-refractivity contribution in [3.8, 4) is 0 Å². The van der Waals surface area contributed by atoms with Gasteiger partial charge in [0.25, 0.3) is 0 Å². The molecule has 4 nitrogen and oxygen atoms in total. The summed E-state index contributed by atoms with van der Waals surface area (Å²) in [5.41, 5.74) is 2.99. The number of carboxylic acid groups (broad SMARTS) is 1. The van der Waals surface area contributed by atoms with E-state index < -0.39 is 12.0 Å². The highest BCUT2D eigenvalue weighted by Crippen LogP contribution is 2.22. The smallest absolute Gasteiger partial charge is 0.326 e. The minimum absolute atomic E-state index is 0.0502. The lowest BCUT2D eigenvalue weighted by Crippen LogP contribution is -2.43. The van der Waals surface area contributed by atoms with E-state index >= 15 is 0 Å². The predicted molar refractivity (Wildman–Crippen MR) is 98.6 cm³/mol. The van der Waals surface area contributed by atoms with E-state index in [0.717, 1.165) is 11.1 Å². The Bertz CT molecular complexity index is 715. The highest BCUT2D eigenvalue weighted by atomic mass is 16.4. The molecular formula is C21H25NO3. The molecule has 0 heterocycles. The topological polar surface area (TPSA) is 66.4 Å². The van der Waals surface area contributed by atoms with Crippen molar-refractivity contribution in [3.05, 3.63) is 71.3 Å². The van der Waals surface area contributed by atoms with Gasteiger partial charge in [0.1, 0.15) is 6.04 Å². The van der Waals surface area contributed by atoms with Crippen LogP contribution in [0.15, 0.2) is 54.6 Å². The van der Waals surface area contributed by atoms with Crippen LogP contribution < -0.4 is 5.32 Å². The van der Waals surface area contributed by atoms with E-state index in [9.17, 15) is 14.7 Å². The minimum Gasteiger partial charge on any atom is -0.480 e. The molecule has 0 fully saturated rings. The molecule has 0 aliphatic heterocycles. The van der Waals surface area contributed by atoms with Gasteiger partial charge >= 0.3 is 5.97 Å². The summed E-state index contributed by atoms with van der Waals surface area (Å²) in [7, 11) is 0. The van der Waals surface area contributed by atoms with Crippen molar-refractivity contribution in [1.29, 1.82) is 0 Å². The molecule has 2 aromatic rings. The first-order valence-electron chi connectivity index (χ1n) is 8.41. The van der Waals surface area contributed by atoms with Crippen LogP contribution in [0, 0.1) is 0 Å². The summed E-state index contributed by atoms with van der Waals surface area (Å²) >= 11 is 0. The highest BCUT2D eigenvalue weighted by Gasteiger charge is 2.21. The van der Waals surface area contributed by atoms with E-state index in [-0.39, 0.29) is 24.2 Å². The number of nitrogens with one attached hydrogen (secondary N) is 1. The van der Waals surface area contributed by atoms with Gasteiger partial charge in [0.15, 0.2) is 0 Å². The summed E-state index contributed by atoms with van der Waals surface area (Å²) in [4.78, 5) is 23.6. The largest absolute Gasteiger partial charge is 0.480 e. The lowest BCUT2D eigenvalue weighted by molar-refractivity contribution is -0.141. The molecule has 0 aliphatic carbocycles. The molecule has 0 unspecified atom stereocenters. The number of carbonyl (C=O) groups excluding carboxylic acids is 1. The maximum atomic E-state index is 12.1. The van der Waals surface area contributed by atoms with Crippen molar-refractivity contribution in [2.75, 3.05) is 0 Å². The number of amides is 1. The van der Waals surface area contributed by atoms with E-state index in [1.807, 2.05) is 54.6 Å². The zero-order chi connectivity index (χ0) is 18.4. The molecule has 4 heteroatoms. The summed E-state index contributed by atoms with van der Waals surface area (Å²) in [6, 6.07) is 16.2. The molecule has 132 valence electrons. The zero-order valence-electron chi connectivity index (χ0n) is 15.0. The van der Waals surface area contributed by atoms with E-state index in [1.165, 1.54) is 5.56 Å². The first-order chi connectivity index (χ1) is 11.8. The van der Waals surface area contributed by atoms with Crippen LogP contribution in [0.5, 0.6) is 0 Å². The van der Waals surface area contributed by atoms with Crippen molar-refractivity contribution in [2.45, 2.75) is 45.1 Å². The average Bonchev–Trinajstić information content (AvgIpc) is 2.54. The van der Waals surface area contributed by atoms with Gasteiger partial charge in [-0.2, -0.15) is 0 Å². The Morgan fingerprint density at radius 2 is 1.56 bits per heavy atom. The highest BCUT2D eigenvalue weighted by molar-refractivity contribution is 5.85. The Morgan fingerprint density at radius 3 is 2.08 bits per heavy atom. The van der Waals surface area contributed by atoms with Gasteiger partial charge in [-0.15, -0.1) is 0 Å². The maximum absolute atomic E-state index is 12.1. The summed E-state index contributed by atoms with van der Waals surface area (Å²) in [5.74, 6) is -1.31. The third kappa shape index (κ3) is 5.75. The monoisotopic (exact) mass is 339 g/mol. The molecule has 0 spiro atoms. The van der Waals surface area contributed by atoms with Gasteiger partial charge in [0, 0.05) is 6.42 Å². The molecule has 0 saturated heterocycles. The number of carbonyl (C=O) groups is 2. The van der Waals surface area contributed by atoms with Crippen LogP contribution in [-0.2, 0) is 27.8 Å². The van der Waals surface area contributed by atoms with Crippen molar-refractivity contribution >= 4 is 11.9 Å². The van der Waals surface area contributed by atoms with E-state index in [2.05, 4.69) is 26.1 Å².